The largest absolute Gasteiger partial charge is 0.381 e. The molecule has 1 aliphatic heterocycles. The highest BCUT2D eigenvalue weighted by molar-refractivity contribution is 7.92. The molecule has 4 nitrogen and oxygen atoms in total. The molecule has 1 saturated heterocycles. The van der Waals surface area contributed by atoms with Crippen molar-refractivity contribution in [2.75, 3.05) is 26.0 Å². The average molecular weight is 277 g/mol. The fourth-order valence-electron chi connectivity index (χ4n) is 2.43. The predicted octanol–water partition coefficient (Wildman–Crippen LogP) is 1.60. The van der Waals surface area contributed by atoms with Crippen LogP contribution in [0.5, 0.6) is 0 Å². The van der Waals surface area contributed by atoms with E-state index in [2.05, 4.69) is 5.32 Å². The van der Waals surface area contributed by atoms with E-state index in [0.29, 0.717) is 5.92 Å². The number of hydrogen-bond acceptors (Lipinski definition) is 4. The van der Waals surface area contributed by atoms with Gasteiger partial charge in [0.2, 0.25) is 0 Å². The Morgan fingerprint density at radius 2 is 1.89 bits per heavy atom. The first kappa shape index (κ1) is 15.9. The van der Waals surface area contributed by atoms with Crippen LogP contribution in [0.1, 0.15) is 40.0 Å². The van der Waals surface area contributed by atoms with Crippen LogP contribution in [0.2, 0.25) is 0 Å². The minimum absolute atomic E-state index is 0.0144. The Balaban J connectivity index is 2.75. The fraction of sp³-hybridized carbons (Fsp3) is 1.00. The molecule has 0 spiro atoms. The van der Waals surface area contributed by atoms with E-state index in [1.54, 1.807) is 0 Å². The van der Waals surface area contributed by atoms with Gasteiger partial charge in [0.25, 0.3) is 0 Å². The van der Waals surface area contributed by atoms with Crippen molar-refractivity contribution >= 4 is 9.84 Å². The van der Waals surface area contributed by atoms with Crippen LogP contribution in [0.4, 0.5) is 0 Å². The monoisotopic (exact) mass is 277 g/mol. The summed E-state index contributed by atoms with van der Waals surface area (Å²) in [7, 11) is -3.07. The Bertz CT molecular complexity index is 345. The lowest BCUT2D eigenvalue weighted by atomic mass is 9.87. The second-order valence-electron chi connectivity index (χ2n) is 5.78. The molecule has 0 bridgehead atoms. The van der Waals surface area contributed by atoms with Gasteiger partial charge in [0.05, 0.1) is 4.75 Å². The molecule has 0 aromatic rings. The van der Waals surface area contributed by atoms with Gasteiger partial charge in [-0.25, -0.2) is 8.42 Å². The summed E-state index contributed by atoms with van der Waals surface area (Å²) in [4.78, 5) is 0. The molecule has 1 fully saturated rings. The maximum absolute atomic E-state index is 11.9. The normalized spacial score (nSPS) is 20.9. The molecule has 18 heavy (non-hydrogen) atoms. The lowest BCUT2D eigenvalue weighted by Gasteiger charge is -2.36. The highest BCUT2D eigenvalue weighted by Crippen LogP contribution is 2.28. The molecule has 0 aromatic heterocycles. The van der Waals surface area contributed by atoms with Gasteiger partial charge in [-0.1, -0.05) is 6.92 Å². The average Bonchev–Trinajstić information content (AvgIpc) is 2.28. The van der Waals surface area contributed by atoms with Crippen LogP contribution < -0.4 is 5.32 Å². The van der Waals surface area contributed by atoms with Gasteiger partial charge in [-0.3, -0.25) is 0 Å². The molecule has 0 saturated carbocycles. The Labute approximate surface area is 111 Å². The van der Waals surface area contributed by atoms with Gasteiger partial charge < -0.3 is 10.1 Å². The lowest BCUT2D eigenvalue weighted by Crippen LogP contribution is -2.52. The first-order valence-corrected chi connectivity index (χ1v) is 8.69. The van der Waals surface area contributed by atoms with E-state index in [0.717, 1.165) is 39.0 Å². The van der Waals surface area contributed by atoms with E-state index in [4.69, 9.17) is 4.74 Å². The Hall–Kier alpha value is -0.130. The number of ether oxygens (including phenoxy) is 1. The molecule has 1 N–H and O–H groups in total. The maximum atomic E-state index is 11.9. The van der Waals surface area contributed by atoms with Gasteiger partial charge in [-0.2, -0.15) is 0 Å². The van der Waals surface area contributed by atoms with Gasteiger partial charge in [0.15, 0.2) is 9.84 Å². The number of nitrogens with one attached hydrogen (secondary N) is 1. The van der Waals surface area contributed by atoms with Crippen molar-refractivity contribution in [3.8, 4) is 0 Å². The highest BCUT2D eigenvalue weighted by Gasteiger charge is 2.39. The molecule has 1 unspecified atom stereocenters. The molecular weight excluding hydrogens is 250 g/mol. The summed E-state index contributed by atoms with van der Waals surface area (Å²) in [6.45, 7) is 8.10. The first-order valence-electron chi connectivity index (χ1n) is 6.79. The standard InChI is InChI=1S/C13H27NO3S/c1-5-14-12(13(2,3)18(4,15)16)10-11-6-8-17-9-7-11/h11-12,14H,5-10H2,1-4H3. The minimum Gasteiger partial charge on any atom is -0.381 e. The molecule has 0 radical (unpaired) electrons. The molecule has 5 heteroatoms. The lowest BCUT2D eigenvalue weighted by molar-refractivity contribution is 0.0593. The third-order valence-corrected chi connectivity index (χ3v) is 6.35. The summed E-state index contributed by atoms with van der Waals surface area (Å²) in [5, 5.41) is 3.36. The summed E-state index contributed by atoms with van der Waals surface area (Å²) in [6.07, 6.45) is 4.34. The maximum Gasteiger partial charge on any atom is 0.154 e. The molecule has 1 heterocycles. The number of rotatable bonds is 6. The molecule has 108 valence electrons. The van der Waals surface area contributed by atoms with Crippen molar-refractivity contribution in [2.24, 2.45) is 5.92 Å². The van der Waals surface area contributed by atoms with E-state index >= 15 is 0 Å². The quantitative estimate of drug-likeness (QED) is 0.801. The van der Waals surface area contributed by atoms with Crippen LogP contribution in [-0.4, -0.2) is 45.2 Å². The molecule has 1 rings (SSSR count). The van der Waals surface area contributed by atoms with Crippen molar-refractivity contribution in [3.63, 3.8) is 0 Å². The van der Waals surface area contributed by atoms with E-state index < -0.39 is 14.6 Å². The third-order valence-electron chi connectivity index (χ3n) is 4.16. The summed E-state index contributed by atoms with van der Waals surface area (Å²) in [5.74, 6) is 0.573. The molecule has 0 amide bonds. The molecule has 1 aliphatic rings. The second-order valence-corrected chi connectivity index (χ2v) is 8.37. The smallest absolute Gasteiger partial charge is 0.154 e. The van der Waals surface area contributed by atoms with Crippen LogP contribution >= 0.6 is 0 Å². The Morgan fingerprint density at radius 1 is 1.33 bits per heavy atom. The van der Waals surface area contributed by atoms with E-state index in [9.17, 15) is 8.42 Å². The summed E-state index contributed by atoms with van der Waals surface area (Å²) < 4.78 is 28.5. The number of sulfone groups is 1. The van der Waals surface area contributed by atoms with Gasteiger partial charge in [-0.05, 0) is 45.6 Å². The topological polar surface area (TPSA) is 55.4 Å². The zero-order valence-electron chi connectivity index (χ0n) is 12.0. The summed E-state index contributed by atoms with van der Waals surface area (Å²) >= 11 is 0. The molecular formula is C13H27NO3S. The van der Waals surface area contributed by atoms with E-state index in [-0.39, 0.29) is 6.04 Å². The Morgan fingerprint density at radius 3 is 2.33 bits per heavy atom. The van der Waals surface area contributed by atoms with Crippen molar-refractivity contribution in [3.05, 3.63) is 0 Å². The SMILES string of the molecule is CCNC(CC1CCOCC1)C(C)(C)S(C)(=O)=O. The zero-order chi connectivity index (χ0) is 13.8. The van der Waals surface area contributed by atoms with Gasteiger partial charge in [-0.15, -0.1) is 0 Å². The highest BCUT2D eigenvalue weighted by atomic mass is 32.2. The molecule has 0 aromatic carbocycles. The second kappa shape index (κ2) is 6.35. The van der Waals surface area contributed by atoms with Gasteiger partial charge >= 0.3 is 0 Å². The van der Waals surface area contributed by atoms with Crippen molar-refractivity contribution in [1.82, 2.24) is 5.32 Å². The summed E-state index contributed by atoms with van der Waals surface area (Å²) in [6, 6.07) is 0.0144. The minimum atomic E-state index is -3.07. The number of hydrogen-bond donors (Lipinski definition) is 1. The first-order chi connectivity index (χ1) is 8.29. The van der Waals surface area contributed by atoms with Gasteiger partial charge in [0, 0.05) is 25.5 Å². The van der Waals surface area contributed by atoms with E-state index in [1.165, 1.54) is 6.26 Å². The van der Waals surface area contributed by atoms with Crippen molar-refractivity contribution < 1.29 is 13.2 Å². The fourth-order valence-corrected chi connectivity index (χ4v) is 3.13. The Kier molecular flexibility index (Phi) is 5.62. The van der Waals surface area contributed by atoms with Crippen LogP contribution in [0, 0.1) is 5.92 Å². The predicted molar refractivity (Wildman–Crippen MR) is 74.5 cm³/mol. The zero-order valence-corrected chi connectivity index (χ0v) is 12.8. The van der Waals surface area contributed by atoms with Crippen LogP contribution in [0.3, 0.4) is 0 Å². The van der Waals surface area contributed by atoms with Crippen molar-refractivity contribution in [1.29, 1.82) is 0 Å². The van der Waals surface area contributed by atoms with Crippen LogP contribution in [0.15, 0.2) is 0 Å². The van der Waals surface area contributed by atoms with Crippen molar-refractivity contribution in [2.45, 2.75) is 50.8 Å². The third kappa shape index (κ3) is 3.93. The van der Waals surface area contributed by atoms with Crippen LogP contribution in [0.25, 0.3) is 0 Å². The molecule has 0 aliphatic carbocycles. The summed E-state index contributed by atoms with van der Waals surface area (Å²) in [5.41, 5.74) is 0. The molecule has 1 atom stereocenters. The van der Waals surface area contributed by atoms with Gasteiger partial charge in [0.1, 0.15) is 0 Å². The van der Waals surface area contributed by atoms with Crippen LogP contribution in [-0.2, 0) is 14.6 Å². The van der Waals surface area contributed by atoms with E-state index in [1.807, 2.05) is 20.8 Å².